The van der Waals surface area contributed by atoms with Gasteiger partial charge >= 0.3 is 29.8 Å². The molecule has 0 bridgehead atoms. The molecule has 63 heavy (non-hydrogen) atoms. The highest BCUT2D eigenvalue weighted by Crippen LogP contribution is 2.41. The Balaban J connectivity index is 1.11. The summed E-state index contributed by atoms with van der Waals surface area (Å²) in [5.74, 6) is 0.0936. The fourth-order valence-electron chi connectivity index (χ4n) is 7.87. The fourth-order valence-corrected chi connectivity index (χ4v) is 7.87. The highest BCUT2D eigenvalue weighted by molar-refractivity contribution is 5.88. The average Bonchev–Trinajstić information content (AvgIpc) is 3.28. The Hall–Kier alpha value is -5.45. The first kappa shape index (κ1) is 50.2. The number of ether oxygens (including phenoxy) is 6. The Morgan fingerprint density at radius 3 is 1.60 bits per heavy atom. The Labute approximate surface area is 374 Å². The molecule has 0 aliphatic heterocycles. The lowest BCUT2D eigenvalue weighted by atomic mass is 9.70. The van der Waals surface area contributed by atoms with E-state index in [0.29, 0.717) is 49.4 Å². The number of hydrogen-bond donors (Lipinski definition) is 0. The molecule has 342 valence electrons. The third-order valence-electron chi connectivity index (χ3n) is 11.9. The molecule has 0 radical (unpaired) electrons. The molecule has 0 atom stereocenters. The molecule has 2 aromatic rings. The van der Waals surface area contributed by atoms with Crippen LogP contribution in [-0.2, 0) is 47.7 Å². The molecule has 0 spiro atoms. The number of esters is 5. The topological polar surface area (TPSA) is 141 Å². The first-order chi connectivity index (χ1) is 30.1. The van der Waals surface area contributed by atoms with Crippen molar-refractivity contribution in [3.63, 3.8) is 0 Å². The van der Waals surface area contributed by atoms with Crippen LogP contribution in [0.2, 0.25) is 0 Å². The molecule has 11 heteroatoms. The second-order valence-corrected chi connectivity index (χ2v) is 17.7. The van der Waals surface area contributed by atoms with Crippen molar-refractivity contribution in [3.8, 4) is 16.9 Å². The standard InChI is InChI=1S/C52H68O11/c1-36(2)48(54)59-31-10-8-9-11-32-60-51(57)44-19-17-41(18-20-44)43-23-27-46(28-24-43)63-47(53)29-14-39-12-15-40(16-13-39)42-21-25-45(26-22-42)58-33-30-52(7,34-61-49(55)37(3)4)35-62-50(56)38(5)6/h12-16,21-22,25-26,29,41,43-44,46H,1,3,5,8-11,17-20,23-24,27-28,30-35H2,2,4,6-7H3/b29-14+. The van der Waals surface area contributed by atoms with Gasteiger partial charge in [0.05, 0.1) is 25.7 Å². The summed E-state index contributed by atoms with van der Waals surface area (Å²) in [6, 6.07) is 15.6. The highest BCUT2D eigenvalue weighted by atomic mass is 16.6. The minimum Gasteiger partial charge on any atom is -0.494 e. The zero-order valence-corrected chi connectivity index (χ0v) is 37.9. The van der Waals surface area contributed by atoms with E-state index in [4.69, 9.17) is 28.4 Å². The number of rotatable bonds is 24. The molecule has 4 rings (SSSR count). The van der Waals surface area contributed by atoms with E-state index in [1.54, 1.807) is 26.8 Å². The molecular formula is C52H68O11. The third-order valence-corrected chi connectivity index (χ3v) is 11.9. The van der Waals surface area contributed by atoms with Gasteiger partial charge in [-0.3, -0.25) is 4.79 Å². The molecule has 2 saturated carbocycles. The second kappa shape index (κ2) is 25.6. The normalized spacial score (nSPS) is 18.7. The zero-order chi connectivity index (χ0) is 45.8. The van der Waals surface area contributed by atoms with Gasteiger partial charge in [0.15, 0.2) is 0 Å². The Bertz CT molecular complexity index is 1860. The zero-order valence-electron chi connectivity index (χ0n) is 37.9. The van der Waals surface area contributed by atoms with E-state index in [9.17, 15) is 24.0 Å². The monoisotopic (exact) mass is 868 g/mol. The highest BCUT2D eigenvalue weighted by Gasteiger charge is 2.34. The summed E-state index contributed by atoms with van der Waals surface area (Å²) in [5.41, 5.74) is 3.21. The van der Waals surface area contributed by atoms with Gasteiger partial charge in [0.25, 0.3) is 0 Å². The number of carbonyl (C=O) groups excluding carboxylic acids is 5. The molecule has 2 aliphatic rings. The van der Waals surface area contributed by atoms with Gasteiger partial charge in [0.1, 0.15) is 25.1 Å². The molecule has 0 amide bonds. The molecule has 0 heterocycles. The van der Waals surface area contributed by atoms with Crippen LogP contribution in [0.4, 0.5) is 0 Å². The summed E-state index contributed by atoms with van der Waals surface area (Å²) in [5, 5.41) is 0. The van der Waals surface area contributed by atoms with Crippen LogP contribution in [0.1, 0.15) is 117 Å². The lowest BCUT2D eigenvalue weighted by Crippen LogP contribution is -2.33. The van der Waals surface area contributed by atoms with Gasteiger partial charge in [-0.1, -0.05) is 63.1 Å². The van der Waals surface area contributed by atoms with Crippen LogP contribution < -0.4 is 4.74 Å². The minimum absolute atomic E-state index is 0.0145. The first-order valence-corrected chi connectivity index (χ1v) is 22.5. The van der Waals surface area contributed by atoms with Gasteiger partial charge in [-0.05, 0) is 151 Å². The Morgan fingerprint density at radius 1 is 0.603 bits per heavy atom. The largest absolute Gasteiger partial charge is 0.494 e. The Morgan fingerprint density at radius 2 is 1.08 bits per heavy atom. The minimum atomic E-state index is -0.679. The number of carbonyl (C=O) groups is 5. The van der Waals surface area contributed by atoms with Crippen molar-refractivity contribution in [2.75, 3.05) is 33.0 Å². The van der Waals surface area contributed by atoms with Gasteiger partial charge in [-0.15, -0.1) is 0 Å². The average molecular weight is 869 g/mol. The van der Waals surface area contributed by atoms with Gasteiger partial charge < -0.3 is 28.4 Å². The number of hydrogen-bond acceptors (Lipinski definition) is 11. The second-order valence-electron chi connectivity index (χ2n) is 17.7. The molecule has 0 saturated heterocycles. The van der Waals surface area contributed by atoms with Gasteiger partial charge in [-0.25, -0.2) is 19.2 Å². The van der Waals surface area contributed by atoms with Crippen LogP contribution in [0, 0.1) is 23.2 Å². The summed E-state index contributed by atoms with van der Waals surface area (Å²) in [6.45, 7) is 18.7. The predicted octanol–water partition coefficient (Wildman–Crippen LogP) is 10.5. The summed E-state index contributed by atoms with van der Waals surface area (Å²) in [6.07, 6.45) is 14.7. The van der Waals surface area contributed by atoms with Gasteiger partial charge in [0, 0.05) is 28.2 Å². The first-order valence-electron chi connectivity index (χ1n) is 22.5. The maximum atomic E-state index is 12.8. The van der Waals surface area contributed by atoms with Crippen molar-refractivity contribution in [3.05, 3.63) is 96.6 Å². The maximum absolute atomic E-state index is 12.8. The van der Waals surface area contributed by atoms with Crippen LogP contribution >= 0.6 is 0 Å². The smallest absolute Gasteiger partial charge is 0.333 e. The summed E-state index contributed by atoms with van der Waals surface area (Å²) >= 11 is 0. The van der Waals surface area contributed by atoms with Crippen LogP contribution in [0.25, 0.3) is 17.2 Å². The van der Waals surface area contributed by atoms with Gasteiger partial charge in [-0.2, -0.15) is 0 Å². The predicted molar refractivity (Wildman–Crippen MR) is 243 cm³/mol. The van der Waals surface area contributed by atoms with E-state index < -0.39 is 17.4 Å². The molecule has 2 fully saturated rings. The van der Waals surface area contributed by atoms with E-state index >= 15 is 0 Å². The molecule has 0 N–H and O–H groups in total. The molecule has 2 aliphatic carbocycles. The third kappa shape index (κ3) is 17.7. The molecular weight excluding hydrogens is 801 g/mol. The number of benzene rings is 2. The summed E-state index contributed by atoms with van der Waals surface area (Å²) < 4.78 is 33.3. The van der Waals surface area contributed by atoms with E-state index in [1.807, 2.05) is 55.5 Å². The van der Waals surface area contributed by atoms with Crippen molar-refractivity contribution >= 4 is 35.9 Å². The number of unbranched alkanes of at least 4 members (excludes halogenated alkanes) is 3. The molecule has 11 nitrogen and oxygen atoms in total. The van der Waals surface area contributed by atoms with Crippen LogP contribution in [0.5, 0.6) is 5.75 Å². The SMILES string of the molecule is C=C(C)C(=O)OCCCCCCOC(=O)C1CCC(C2CCC(OC(=O)/C=C/c3ccc(-c4ccc(OCCC(C)(COC(=O)C(=C)C)COC(=O)C(=C)C)cc4)cc3)CC2)CC1. The molecule has 0 unspecified atom stereocenters. The summed E-state index contributed by atoms with van der Waals surface area (Å²) in [4.78, 5) is 60.9. The van der Waals surface area contributed by atoms with E-state index in [-0.39, 0.29) is 54.3 Å². The maximum Gasteiger partial charge on any atom is 0.333 e. The molecule has 0 aromatic heterocycles. The van der Waals surface area contributed by atoms with Crippen LogP contribution in [0.15, 0.2) is 91.1 Å². The van der Waals surface area contributed by atoms with Crippen LogP contribution in [-0.4, -0.2) is 69.0 Å². The van der Waals surface area contributed by atoms with Crippen LogP contribution in [0.3, 0.4) is 0 Å². The van der Waals surface area contributed by atoms with Crippen molar-refractivity contribution < 1.29 is 52.4 Å². The summed E-state index contributed by atoms with van der Waals surface area (Å²) in [7, 11) is 0. The van der Waals surface area contributed by atoms with E-state index in [1.165, 1.54) is 6.08 Å². The van der Waals surface area contributed by atoms with E-state index in [2.05, 4.69) is 19.7 Å². The molecule has 2 aromatic carbocycles. The van der Waals surface area contributed by atoms with Crippen molar-refractivity contribution in [2.45, 2.75) is 117 Å². The lowest BCUT2D eigenvalue weighted by molar-refractivity contribution is -0.151. The van der Waals surface area contributed by atoms with Crippen molar-refractivity contribution in [2.24, 2.45) is 23.2 Å². The lowest BCUT2D eigenvalue weighted by Gasteiger charge is -2.37. The van der Waals surface area contributed by atoms with E-state index in [0.717, 1.165) is 93.7 Å². The van der Waals surface area contributed by atoms with Crippen molar-refractivity contribution in [1.82, 2.24) is 0 Å². The van der Waals surface area contributed by atoms with Crippen molar-refractivity contribution in [1.29, 1.82) is 0 Å². The fraction of sp³-hybridized carbons (Fsp3) is 0.519. The Kier molecular flexibility index (Phi) is 20.4. The van der Waals surface area contributed by atoms with Gasteiger partial charge in [0.2, 0.25) is 0 Å². The quantitative estimate of drug-likeness (QED) is 0.0431.